The number of anilines is 2. The molecule has 1 aliphatic rings. The number of carbonyl (C=O) groups is 1. The fourth-order valence-electron chi connectivity index (χ4n) is 5.15. The first-order chi connectivity index (χ1) is 20.7. The Hall–Kier alpha value is -3.13. The number of hydrogen-bond donors (Lipinski definition) is 1. The maximum absolute atomic E-state index is 13.4. The molecule has 0 saturated heterocycles. The number of amides is 1. The molecule has 0 unspecified atom stereocenters. The molecule has 15 heteroatoms. The van der Waals surface area contributed by atoms with Crippen LogP contribution in [0.25, 0.3) is 10.8 Å². The van der Waals surface area contributed by atoms with Crippen molar-refractivity contribution >= 4 is 61.7 Å². The number of hydrogen-bond acceptors (Lipinski definition) is 8. The number of halogens is 5. The van der Waals surface area contributed by atoms with Gasteiger partial charge in [-0.05, 0) is 68.3 Å². The Morgan fingerprint density at radius 1 is 1.11 bits per heavy atom. The van der Waals surface area contributed by atoms with Crippen molar-refractivity contribution in [1.82, 2.24) is 10.1 Å². The van der Waals surface area contributed by atoms with Crippen molar-refractivity contribution in [3.05, 3.63) is 74.8 Å². The monoisotopic (exact) mass is 686 g/mol. The lowest BCUT2D eigenvalue weighted by atomic mass is 9.64. The van der Waals surface area contributed by atoms with Gasteiger partial charge in [0.05, 0.1) is 27.5 Å². The van der Waals surface area contributed by atoms with Gasteiger partial charge in [0, 0.05) is 31.9 Å². The molecule has 0 atom stereocenters. The Balaban J connectivity index is 1.36. The van der Waals surface area contributed by atoms with Gasteiger partial charge >= 0.3 is 6.18 Å². The van der Waals surface area contributed by atoms with Gasteiger partial charge in [-0.15, -0.1) is 11.3 Å². The molecule has 0 aliphatic heterocycles. The summed E-state index contributed by atoms with van der Waals surface area (Å²) in [5.74, 6) is -0.0693. The predicted octanol–water partition coefficient (Wildman–Crippen LogP) is 7.68. The first-order valence-corrected chi connectivity index (χ1v) is 16.8. The van der Waals surface area contributed by atoms with Crippen molar-refractivity contribution in [1.29, 1.82) is 0 Å². The van der Waals surface area contributed by atoms with E-state index in [1.807, 2.05) is 19.1 Å². The topological polar surface area (TPSA) is 105 Å². The van der Waals surface area contributed by atoms with Crippen LogP contribution in [0, 0.1) is 6.92 Å². The minimum Gasteiger partial charge on any atom is -0.353 e. The quantitative estimate of drug-likeness (QED) is 0.182. The fraction of sp³-hybridized carbons (Fsp3) is 0.345. The molecule has 44 heavy (non-hydrogen) atoms. The maximum atomic E-state index is 13.4. The van der Waals surface area contributed by atoms with Crippen LogP contribution in [0.5, 0.6) is 0 Å². The van der Waals surface area contributed by atoms with Crippen molar-refractivity contribution < 1.29 is 30.9 Å². The Labute approximate surface area is 266 Å². The third-order valence-electron chi connectivity index (χ3n) is 7.46. The van der Waals surface area contributed by atoms with E-state index in [1.165, 1.54) is 54.7 Å². The van der Waals surface area contributed by atoms with Gasteiger partial charge in [-0.2, -0.15) is 18.2 Å². The summed E-state index contributed by atoms with van der Waals surface area (Å²) in [6, 6.07) is 11.8. The zero-order valence-electron chi connectivity index (χ0n) is 23.5. The SMILES string of the molecule is CCS(=O)(=O)c1ccc(N(CC(=O)Nc2cc(Cl)c(C3(c4noc(-c5ccc(C)s5)n4)CCC3)c(Cl)c2)CC(F)(F)F)cc1. The van der Waals surface area contributed by atoms with E-state index in [-0.39, 0.29) is 32.1 Å². The molecule has 4 aromatic rings. The normalized spacial score (nSPS) is 14.7. The average Bonchev–Trinajstić information content (AvgIpc) is 3.58. The lowest BCUT2D eigenvalue weighted by Crippen LogP contribution is -2.40. The molecule has 1 aliphatic carbocycles. The molecule has 2 aromatic heterocycles. The summed E-state index contributed by atoms with van der Waals surface area (Å²) >= 11 is 15.0. The van der Waals surface area contributed by atoms with Gasteiger partial charge in [0.1, 0.15) is 6.54 Å². The molecule has 0 radical (unpaired) electrons. The summed E-state index contributed by atoms with van der Waals surface area (Å²) in [6.45, 7) is 1.34. The van der Waals surface area contributed by atoms with E-state index >= 15 is 0 Å². The van der Waals surface area contributed by atoms with E-state index in [9.17, 15) is 26.4 Å². The molecule has 1 saturated carbocycles. The molecule has 0 bridgehead atoms. The summed E-state index contributed by atoms with van der Waals surface area (Å²) in [7, 11) is -3.55. The Morgan fingerprint density at radius 2 is 1.77 bits per heavy atom. The van der Waals surface area contributed by atoms with Gasteiger partial charge < -0.3 is 14.7 Å². The molecule has 2 aromatic carbocycles. The molecule has 1 fully saturated rings. The highest BCUT2D eigenvalue weighted by Crippen LogP contribution is 2.53. The second-order valence-electron chi connectivity index (χ2n) is 10.5. The molecule has 5 rings (SSSR count). The third-order valence-corrected chi connectivity index (χ3v) is 10.8. The van der Waals surface area contributed by atoms with E-state index in [0.717, 1.165) is 21.1 Å². The molecule has 234 valence electrons. The van der Waals surface area contributed by atoms with Gasteiger partial charge in [-0.25, -0.2) is 8.42 Å². The molecule has 8 nitrogen and oxygen atoms in total. The summed E-state index contributed by atoms with van der Waals surface area (Å²) < 4.78 is 70.0. The summed E-state index contributed by atoms with van der Waals surface area (Å²) in [5, 5.41) is 7.30. The number of aromatic nitrogens is 2. The van der Waals surface area contributed by atoms with E-state index in [0.29, 0.717) is 30.1 Å². The first kappa shape index (κ1) is 32.3. The van der Waals surface area contributed by atoms with Gasteiger partial charge in [-0.1, -0.05) is 41.7 Å². The highest BCUT2D eigenvalue weighted by atomic mass is 35.5. The highest BCUT2D eigenvalue weighted by molar-refractivity contribution is 7.91. The van der Waals surface area contributed by atoms with Crippen LogP contribution in [0.1, 0.15) is 42.5 Å². The van der Waals surface area contributed by atoms with Crippen LogP contribution in [0.2, 0.25) is 10.0 Å². The van der Waals surface area contributed by atoms with Crippen LogP contribution >= 0.6 is 34.5 Å². The van der Waals surface area contributed by atoms with Gasteiger partial charge in [0.2, 0.25) is 5.91 Å². The van der Waals surface area contributed by atoms with Crippen molar-refractivity contribution in [2.24, 2.45) is 0 Å². The smallest absolute Gasteiger partial charge is 0.353 e. The number of nitrogens with zero attached hydrogens (tertiary/aromatic N) is 3. The largest absolute Gasteiger partial charge is 0.405 e. The van der Waals surface area contributed by atoms with Crippen LogP contribution in [-0.2, 0) is 20.0 Å². The summed E-state index contributed by atoms with van der Waals surface area (Å²) in [5.41, 5.74) is 0.122. The molecule has 0 spiro atoms. The number of aryl methyl sites for hydroxylation is 1. The lowest BCUT2D eigenvalue weighted by molar-refractivity contribution is -0.122. The predicted molar refractivity (Wildman–Crippen MR) is 165 cm³/mol. The molecule has 2 heterocycles. The van der Waals surface area contributed by atoms with Crippen molar-refractivity contribution in [3.8, 4) is 10.8 Å². The number of sulfone groups is 1. The summed E-state index contributed by atoms with van der Waals surface area (Å²) in [6.07, 6.45) is -2.40. The van der Waals surface area contributed by atoms with E-state index in [4.69, 9.17) is 27.7 Å². The third kappa shape index (κ3) is 6.75. The second-order valence-corrected chi connectivity index (χ2v) is 14.9. The highest BCUT2D eigenvalue weighted by Gasteiger charge is 2.47. The van der Waals surface area contributed by atoms with Gasteiger partial charge in [0.25, 0.3) is 5.89 Å². The number of nitrogens with one attached hydrogen (secondary N) is 1. The second kappa shape index (κ2) is 12.3. The fourth-order valence-corrected chi connectivity index (χ4v) is 7.67. The van der Waals surface area contributed by atoms with E-state index in [2.05, 4.69) is 15.5 Å². The van der Waals surface area contributed by atoms with Gasteiger partial charge in [0.15, 0.2) is 15.7 Å². The Bertz CT molecular complexity index is 1760. The zero-order chi connectivity index (χ0) is 31.9. The maximum Gasteiger partial charge on any atom is 0.405 e. The summed E-state index contributed by atoms with van der Waals surface area (Å²) in [4.78, 5) is 20.3. The van der Waals surface area contributed by atoms with Crippen molar-refractivity contribution in [2.45, 2.75) is 49.6 Å². The van der Waals surface area contributed by atoms with E-state index < -0.39 is 40.4 Å². The number of rotatable bonds is 10. The van der Waals surface area contributed by atoms with E-state index in [1.54, 1.807) is 0 Å². The number of alkyl halides is 3. The lowest BCUT2D eigenvalue weighted by Gasteiger charge is -2.40. The number of thiophene rings is 1. The standard InChI is InChI=1S/C29H27Cl2F3N4O4S2/c1-3-44(40,41)20-8-6-19(7-9-20)38(16-29(32,33)34)15-24(39)35-18-13-21(30)25(22(31)14-18)28(11-4-12-28)27-36-26(42-37-27)23-10-5-17(2)43-23/h5-10,13-14H,3-4,11-12,15-16H2,1-2H3,(H,35,39). The minimum atomic E-state index is -4.63. The minimum absolute atomic E-state index is 0.0209. The Morgan fingerprint density at radius 3 is 2.30 bits per heavy atom. The molecular formula is C29H27Cl2F3N4O4S2. The van der Waals surface area contributed by atoms with Crippen LogP contribution in [-0.4, -0.2) is 49.5 Å². The van der Waals surface area contributed by atoms with Crippen LogP contribution in [0.3, 0.4) is 0 Å². The van der Waals surface area contributed by atoms with Crippen LogP contribution in [0.4, 0.5) is 24.5 Å². The zero-order valence-corrected chi connectivity index (χ0v) is 26.7. The van der Waals surface area contributed by atoms with Crippen LogP contribution < -0.4 is 10.2 Å². The first-order valence-electron chi connectivity index (χ1n) is 13.6. The van der Waals surface area contributed by atoms with Crippen molar-refractivity contribution in [3.63, 3.8) is 0 Å². The molecule has 1 amide bonds. The molecule has 1 N–H and O–H groups in total. The molecular weight excluding hydrogens is 660 g/mol. The average molecular weight is 688 g/mol. The number of benzene rings is 2. The van der Waals surface area contributed by atoms with Gasteiger partial charge in [-0.3, -0.25) is 4.79 Å². The van der Waals surface area contributed by atoms with Crippen LogP contribution in [0.15, 0.2) is 57.9 Å². The Kier molecular flexibility index (Phi) is 9.05. The van der Waals surface area contributed by atoms with Crippen molar-refractivity contribution in [2.75, 3.05) is 29.1 Å². The number of carbonyl (C=O) groups excluding carboxylic acids is 1.